The molecule has 1 aromatic carbocycles. The average molecular weight is 246 g/mol. The SMILES string of the molecule is CC(CCN(C)C(C)C1CC1)c1ccc(N)cc1. The van der Waals surface area contributed by atoms with E-state index in [9.17, 15) is 0 Å². The van der Waals surface area contributed by atoms with Crippen molar-refractivity contribution < 1.29 is 0 Å². The molecule has 0 amide bonds. The van der Waals surface area contributed by atoms with Crippen molar-refractivity contribution in [3.63, 3.8) is 0 Å². The second-order valence-electron chi connectivity index (χ2n) is 5.92. The Kier molecular flexibility index (Phi) is 4.28. The summed E-state index contributed by atoms with van der Waals surface area (Å²) in [6, 6.07) is 9.07. The van der Waals surface area contributed by atoms with Gasteiger partial charge in [0, 0.05) is 11.7 Å². The van der Waals surface area contributed by atoms with Gasteiger partial charge in [-0.05, 0) is 69.3 Å². The lowest BCUT2D eigenvalue weighted by Gasteiger charge is -2.26. The molecule has 100 valence electrons. The standard InChI is InChI=1S/C16H26N2/c1-12(14-6-8-16(17)9-7-14)10-11-18(3)13(2)15-4-5-15/h6-9,12-13,15H,4-5,10-11,17H2,1-3H3. The van der Waals surface area contributed by atoms with Crippen LogP contribution in [0.15, 0.2) is 24.3 Å². The van der Waals surface area contributed by atoms with Crippen LogP contribution in [0.2, 0.25) is 0 Å². The van der Waals surface area contributed by atoms with Gasteiger partial charge in [-0.1, -0.05) is 19.1 Å². The van der Waals surface area contributed by atoms with E-state index in [0.29, 0.717) is 5.92 Å². The molecule has 0 aliphatic heterocycles. The minimum Gasteiger partial charge on any atom is -0.399 e. The summed E-state index contributed by atoms with van der Waals surface area (Å²) >= 11 is 0. The summed E-state index contributed by atoms with van der Waals surface area (Å²) in [4.78, 5) is 2.52. The number of hydrogen-bond donors (Lipinski definition) is 1. The molecule has 0 bridgehead atoms. The molecule has 2 unspecified atom stereocenters. The molecule has 2 rings (SSSR count). The van der Waals surface area contributed by atoms with Crippen molar-refractivity contribution >= 4 is 5.69 Å². The summed E-state index contributed by atoms with van der Waals surface area (Å²) in [5.74, 6) is 1.57. The van der Waals surface area contributed by atoms with Gasteiger partial charge in [-0.25, -0.2) is 0 Å². The fraction of sp³-hybridized carbons (Fsp3) is 0.625. The lowest BCUT2D eigenvalue weighted by Crippen LogP contribution is -2.32. The molecule has 1 saturated carbocycles. The average Bonchev–Trinajstić information content (AvgIpc) is 3.19. The van der Waals surface area contributed by atoms with Crippen LogP contribution >= 0.6 is 0 Å². The largest absolute Gasteiger partial charge is 0.399 e. The van der Waals surface area contributed by atoms with Crippen molar-refractivity contribution in [1.29, 1.82) is 0 Å². The highest BCUT2D eigenvalue weighted by molar-refractivity contribution is 5.40. The molecule has 2 heteroatoms. The molecular formula is C16H26N2. The number of benzene rings is 1. The minimum atomic E-state index is 0.611. The van der Waals surface area contributed by atoms with Crippen molar-refractivity contribution in [3.05, 3.63) is 29.8 Å². The zero-order valence-electron chi connectivity index (χ0n) is 11.9. The van der Waals surface area contributed by atoms with Gasteiger partial charge in [-0.2, -0.15) is 0 Å². The van der Waals surface area contributed by atoms with Crippen molar-refractivity contribution in [3.8, 4) is 0 Å². The number of hydrogen-bond acceptors (Lipinski definition) is 2. The number of nitrogens with two attached hydrogens (primary N) is 1. The third-order valence-electron chi connectivity index (χ3n) is 4.42. The van der Waals surface area contributed by atoms with E-state index in [1.54, 1.807) is 0 Å². The highest BCUT2D eigenvalue weighted by atomic mass is 15.1. The minimum absolute atomic E-state index is 0.611. The highest BCUT2D eigenvalue weighted by Gasteiger charge is 2.30. The highest BCUT2D eigenvalue weighted by Crippen LogP contribution is 2.35. The van der Waals surface area contributed by atoms with E-state index >= 15 is 0 Å². The lowest BCUT2D eigenvalue weighted by atomic mass is 9.97. The Labute approximate surface area is 111 Å². The maximum absolute atomic E-state index is 5.72. The first-order valence-corrected chi connectivity index (χ1v) is 7.13. The van der Waals surface area contributed by atoms with Crippen molar-refractivity contribution in [2.75, 3.05) is 19.3 Å². The summed E-state index contributed by atoms with van der Waals surface area (Å²) in [7, 11) is 2.26. The molecule has 0 spiro atoms. The predicted octanol–water partition coefficient (Wildman–Crippen LogP) is 3.49. The Morgan fingerprint density at radius 2 is 1.83 bits per heavy atom. The molecule has 1 aliphatic carbocycles. The maximum atomic E-state index is 5.72. The Hall–Kier alpha value is -1.02. The van der Waals surface area contributed by atoms with Crippen molar-refractivity contribution in [2.24, 2.45) is 5.92 Å². The normalized spacial score (nSPS) is 18.9. The van der Waals surface area contributed by atoms with Crippen LogP contribution < -0.4 is 5.73 Å². The zero-order valence-corrected chi connectivity index (χ0v) is 11.9. The molecule has 0 aromatic heterocycles. The van der Waals surface area contributed by atoms with E-state index in [0.717, 1.165) is 17.6 Å². The van der Waals surface area contributed by atoms with Crippen LogP contribution in [0.5, 0.6) is 0 Å². The summed E-state index contributed by atoms with van der Waals surface area (Å²) in [5, 5.41) is 0. The Bertz CT molecular complexity index is 367. The first kappa shape index (κ1) is 13.4. The van der Waals surface area contributed by atoms with Crippen molar-refractivity contribution in [1.82, 2.24) is 4.90 Å². The van der Waals surface area contributed by atoms with E-state index in [2.05, 4.69) is 37.9 Å². The van der Waals surface area contributed by atoms with Crippen LogP contribution in [0.25, 0.3) is 0 Å². The molecule has 1 fully saturated rings. The van der Waals surface area contributed by atoms with Gasteiger partial charge in [-0.15, -0.1) is 0 Å². The maximum Gasteiger partial charge on any atom is 0.0314 e. The molecular weight excluding hydrogens is 220 g/mol. The van der Waals surface area contributed by atoms with Gasteiger partial charge >= 0.3 is 0 Å². The first-order chi connectivity index (χ1) is 8.58. The summed E-state index contributed by atoms with van der Waals surface area (Å²) in [6.07, 6.45) is 4.08. The molecule has 2 nitrogen and oxygen atoms in total. The van der Waals surface area contributed by atoms with Gasteiger partial charge in [-0.3, -0.25) is 0 Å². The predicted molar refractivity (Wildman–Crippen MR) is 78.7 cm³/mol. The smallest absolute Gasteiger partial charge is 0.0314 e. The fourth-order valence-electron chi connectivity index (χ4n) is 2.53. The van der Waals surface area contributed by atoms with E-state index < -0.39 is 0 Å². The Morgan fingerprint density at radius 3 is 2.39 bits per heavy atom. The van der Waals surface area contributed by atoms with Crippen LogP contribution in [0, 0.1) is 5.92 Å². The van der Waals surface area contributed by atoms with Gasteiger partial charge < -0.3 is 10.6 Å². The van der Waals surface area contributed by atoms with Crippen LogP contribution in [-0.4, -0.2) is 24.5 Å². The van der Waals surface area contributed by atoms with Crippen LogP contribution in [0.3, 0.4) is 0 Å². The van der Waals surface area contributed by atoms with Crippen molar-refractivity contribution in [2.45, 2.75) is 45.1 Å². The molecule has 2 N–H and O–H groups in total. The molecule has 1 aliphatic rings. The Balaban J connectivity index is 1.80. The van der Waals surface area contributed by atoms with Crippen LogP contribution in [0.1, 0.15) is 44.6 Å². The van der Waals surface area contributed by atoms with Gasteiger partial charge in [0.25, 0.3) is 0 Å². The van der Waals surface area contributed by atoms with Gasteiger partial charge in [0.05, 0.1) is 0 Å². The first-order valence-electron chi connectivity index (χ1n) is 7.13. The Morgan fingerprint density at radius 1 is 1.22 bits per heavy atom. The molecule has 0 heterocycles. The molecule has 0 saturated heterocycles. The second kappa shape index (κ2) is 5.75. The second-order valence-corrected chi connectivity index (χ2v) is 5.92. The number of nitrogen functional groups attached to an aromatic ring is 1. The van der Waals surface area contributed by atoms with Crippen LogP contribution in [0.4, 0.5) is 5.69 Å². The van der Waals surface area contributed by atoms with Gasteiger partial charge in [0.1, 0.15) is 0 Å². The topological polar surface area (TPSA) is 29.3 Å². The monoisotopic (exact) mass is 246 g/mol. The number of rotatable bonds is 6. The quantitative estimate of drug-likeness (QED) is 0.778. The molecule has 1 aromatic rings. The fourth-order valence-corrected chi connectivity index (χ4v) is 2.53. The van der Waals surface area contributed by atoms with Crippen LogP contribution in [-0.2, 0) is 0 Å². The third-order valence-corrected chi connectivity index (χ3v) is 4.42. The van der Waals surface area contributed by atoms with Gasteiger partial charge in [0.2, 0.25) is 0 Å². The summed E-state index contributed by atoms with van der Waals surface area (Å²) in [5.41, 5.74) is 7.97. The molecule has 0 radical (unpaired) electrons. The summed E-state index contributed by atoms with van der Waals surface area (Å²) < 4.78 is 0. The number of nitrogens with zero attached hydrogens (tertiary/aromatic N) is 1. The van der Waals surface area contributed by atoms with E-state index in [1.807, 2.05) is 12.1 Å². The van der Waals surface area contributed by atoms with E-state index in [-0.39, 0.29) is 0 Å². The third kappa shape index (κ3) is 3.49. The zero-order chi connectivity index (χ0) is 13.1. The van der Waals surface area contributed by atoms with E-state index in [1.165, 1.54) is 31.4 Å². The molecule has 2 atom stereocenters. The van der Waals surface area contributed by atoms with Gasteiger partial charge in [0.15, 0.2) is 0 Å². The summed E-state index contributed by atoms with van der Waals surface area (Å²) in [6.45, 7) is 5.86. The lowest BCUT2D eigenvalue weighted by molar-refractivity contribution is 0.227. The molecule has 18 heavy (non-hydrogen) atoms. The number of anilines is 1. The van der Waals surface area contributed by atoms with E-state index in [4.69, 9.17) is 5.73 Å².